The fourth-order valence-electron chi connectivity index (χ4n) is 5.10. The maximum absolute atomic E-state index is 14.3. The number of carboxylic acid groups (broad SMARTS) is 1. The van der Waals surface area contributed by atoms with Crippen LogP contribution in [0.1, 0.15) is 23.5 Å². The van der Waals surface area contributed by atoms with Crippen LogP contribution in [0.4, 0.5) is 13.6 Å². The maximum atomic E-state index is 14.3. The van der Waals surface area contributed by atoms with Gasteiger partial charge in [-0.2, -0.15) is 0 Å². The van der Waals surface area contributed by atoms with Crippen LogP contribution in [0.15, 0.2) is 48.5 Å². The van der Waals surface area contributed by atoms with Gasteiger partial charge in [-0.3, -0.25) is 4.79 Å². The van der Waals surface area contributed by atoms with Crippen LogP contribution in [0.3, 0.4) is 0 Å². The molecule has 3 aliphatic rings. The van der Waals surface area contributed by atoms with E-state index in [0.29, 0.717) is 0 Å². The molecule has 2 amide bonds. The lowest BCUT2D eigenvalue weighted by atomic mass is 9.98. The van der Waals surface area contributed by atoms with Crippen LogP contribution in [0, 0.1) is 11.8 Å². The summed E-state index contributed by atoms with van der Waals surface area (Å²) in [4.78, 5) is 35.8. The lowest BCUT2D eigenvalue weighted by Crippen LogP contribution is -2.45. The highest BCUT2D eigenvalue weighted by Gasteiger charge is 2.71. The minimum Gasteiger partial charge on any atom is -0.479 e. The molecule has 0 radical (unpaired) electrons. The molecule has 1 aliphatic heterocycles. The highest BCUT2D eigenvalue weighted by molar-refractivity contribution is 5.85. The second-order valence-corrected chi connectivity index (χ2v) is 9.00. The Hall–Kier alpha value is -3.53. The summed E-state index contributed by atoms with van der Waals surface area (Å²) in [7, 11) is 0. The molecule has 10 heteroatoms. The fraction of sp³-hybridized carbons (Fsp3) is 0.400. The Bertz CT molecular complexity index is 1130. The minimum absolute atomic E-state index is 0.0447. The number of halogens is 2. The molecule has 1 saturated carbocycles. The third kappa shape index (κ3) is 4.22. The van der Waals surface area contributed by atoms with Crippen molar-refractivity contribution in [2.75, 3.05) is 19.8 Å². The molecule has 2 aromatic carbocycles. The van der Waals surface area contributed by atoms with Crippen molar-refractivity contribution in [2.24, 2.45) is 11.8 Å². The fourth-order valence-corrected chi connectivity index (χ4v) is 5.10. The number of carbonyl (C=O) groups is 3. The van der Waals surface area contributed by atoms with Crippen molar-refractivity contribution in [1.82, 2.24) is 10.6 Å². The van der Waals surface area contributed by atoms with Gasteiger partial charge >= 0.3 is 12.1 Å². The van der Waals surface area contributed by atoms with Crippen LogP contribution in [-0.4, -0.2) is 60.9 Å². The van der Waals surface area contributed by atoms with Crippen LogP contribution < -0.4 is 10.6 Å². The topological polar surface area (TPSA) is 114 Å². The van der Waals surface area contributed by atoms with Crippen LogP contribution in [0.5, 0.6) is 0 Å². The largest absolute Gasteiger partial charge is 0.479 e. The molecule has 2 unspecified atom stereocenters. The predicted molar refractivity (Wildman–Crippen MR) is 119 cm³/mol. The summed E-state index contributed by atoms with van der Waals surface area (Å²) in [6.07, 6.45) is -1.88. The van der Waals surface area contributed by atoms with Gasteiger partial charge < -0.3 is 25.2 Å². The van der Waals surface area contributed by atoms with Crippen molar-refractivity contribution in [1.29, 1.82) is 0 Å². The van der Waals surface area contributed by atoms with Gasteiger partial charge in [0.25, 0.3) is 5.92 Å². The molecule has 1 heterocycles. The van der Waals surface area contributed by atoms with E-state index in [4.69, 9.17) is 14.6 Å². The molecule has 184 valence electrons. The molecule has 0 spiro atoms. The van der Waals surface area contributed by atoms with Crippen molar-refractivity contribution < 1.29 is 37.7 Å². The Morgan fingerprint density at radius 2 is 1.69 bits per heavy atom. The molecule has 2 aliphatic carbocycles. The van der Waals surface area contributed by atoms with Gasteiger partial charge in [-0.1, -0.05) is 48.5 Å². The van der Waals surface area contributed by atoms with E-state index >= 15 is 0 Å². The van der Waals surface area contributed by atoms with Crippen molar-refractivity contribution >= 4 is 18.0 Å². The van der Waals surface area contributed by atoms with Gasteiger partial charge in [-0.05, 0) is 28.7 Å². The molecule has 35 heavy (non-hydrogen) atoms. The zero-order valence-electron chi connectivity index (χ0n) is 18.6. The molecule has 3 N–H and O–H groups in total. The Labute approximate surface area is 199 Å². The molecular formula is C25H24F2N2O6. The molecule has 1 saturated heterocycles. The van der Waals surface area contributed by atoms with E-state index in [0.717, 1.165) is 22.3 Å². The van der Waals surface area contributed by atoms with Crippen LogP contribution in [0.2, 0.25) is 0 Å². The first kappa shape index (κ1) is 23.2. The highest BCUT2D eigenvalue weighted by Crippen LogP contribution is 2.55. The third-order valence-corrected chi connectivity index (χ3v) is 6.96. The van der Waals surface area contributed by atoms with E-state index in [2.05, 4.69) is 10.6 Å². The summed E-state index contributed by atoms with van der Waals surface area (Å²) in [6.45, 7) is -0.274. The zero-order valence-corrected chi connectivity index (χ0v) is 18.6. The van der Waals surface area contributed by atoms with Gasteiger partial charge in [0.2, 0.25) is 5.91 Å². The van der Waals surface area contributed by atoms with Crippen LogP contribution in [0.25, 0.3) is 11.1 Å². The number of fused-ring (bicyclic) bond motifs is 3. The highest BCUT2D eigenvalue weighted by atomic mass is 19.3. The van der Waals surface area contributed by atoms with Crippen LogP contribution in [-0.2, 0) is 19.1 Å². The number of benzene rings is 2. The second kappa shape index (κ2) is 8.92. The van der Waals surface area contributed by atoms with Crippen molar-refractivity contribution in [3.05, 3.63) is 59.7 Å². The summed E-state index contributed by atoms with van der Waals surface area (Å²) in [5.41, 5.74) is 4.20. The Morgan fingerprint density at radius 1 is 1.06 bits per heavy atom. The van der Waals surface area contributed by atoms with Gasteiger partial charge in [0.15, 0.2) is 6.10 Å². The van der Waals surface area contributed by atoms with Gasteiger partial charge in [0, 0.05) is 19.1 Å². The summed E-state index contributed by atoms with van der Waals surface area (Å²) < 4.78 is 38.9. The summed E-state index contributed by atoms with van der Waals surface area (Å²) in [5.74, 6) is -8.72. The quantitative estimate of drug-likeness (QED) is 0.555. The third-order valence-electron chi connectivity index (χ3n) is 6.96. The number of hydrogen-bond acceptors (Lipinski definition) is 5. The van der Waals surface area contributed by atoms with Gasteiger partial charge in [-0.25, -0.2) is 18.4 Å². The Morgan fingerprint density at radius 3 is 2.31 bits per heavy atom. The number of nitrogens with one attached hydrogen (secondary N) is 2. The first-order valence-corrected chi connectivity index (χ1v) is 11.4. The number of carbonyl (C=O) groups excluding carboxylic acids is 2. The number of alkyl halides is 2. The van der Waals surface area contributed by atoms with Gasteiger partial charge in [0.05, 0.1) is 12.0 Å². The number of carboxylic acids is 1. The predicted octanol–water partition coefficient (Wildman–Crippen LogP) is 2.76. The van der Waals surface area contributed by atoms with Crippen molar-refractivity contribution in [3.63, 3.8) is 0 Å². The van der Waals surface area contributed by atoms with Gasteiger partial charge in [0.1, 0.15) is 12.5 Å². The van der Waals surface area contributed by atoms with E-state index in [9.17, 15) is 23.2 Å². The average molecular weight is 486 g/mol. The van der Waals surface area contributed by atoms with E-state index in [1.807, 2.05) is 48.5 Å². The monoisotopic (exact) mass is 486 g/mol. The molecule has 8 nitrogen and oxygen atoms in total. The number of aliphatic carboxylic acids is 1. The molecular weight excluding hydrogens is 462 g/mol. The number of ether oxygens (including phenoxy) is 2. The van der Waals surface area contributed by atoms with Crippen molar-refractivity contribution in [2.45, 2.75) is 30.4 Å². The van der Waals surface area contributed by atoms with Crippen LogP contribution >= 0.6 is 0 Å². The number of alkyl carbamates (subject to hydrolysis) is 1. The number of amides is 2. The molecule has 0 bridgehead atoms. The lowest BCUT2D eigenvalue weighted by molar-refractivity contribution is -0.148. The lowest BCUT2D eigenvalue weighted by Gasteiger charge is -2.16. The molecule has 0 aromatic heterocycles. The van der Waals surface area contributed by atoms with E-state index < -0.39 is 54.4 Å². The van der Waals surface area contributed by atoms with Gasteiger partial charge in [-0.15, -0.1) is 0 Å². The smallest absolute Gasteiger partial charge is 0.407 e. The second-order valence-electron chi connectivity index (χ2n) is 9.00. The SMILES string of the molecule is O=C(NCC1C(C(=O)N[C@H]2CCO[C@H]2C(=O)O)C1(F)F)OCC1c2ccccc2-c2ccccc21. The Balaban J connectivity index is 1.14. The summed E-state index contributed by atoms with van der Waals surface area (Å²) in [6, 6.07) is 14.8. The van der Waals surface area contributed by atoms with E-state index in [1.165, 1.54) is 0 Å². The Kier molecular flexibility index (Phi) is 5.92. The van der Waals surface area contributed by atoms with E-state index in [-0.39, 0.29) is 25.6 Å². The molecule has 2 aromatic rings. The standard InChI is InChI=1S/C25H24F2N2O6/c26-25(27)18(20(25)22(30)29-19-9-10-34-21(19)23(31)32)11-28-24(33)35-12-17-15-7-3-1-5-13(15)14-6-2-4-8-16(14)17/h1-8,17-21H,9-12H2,(H,28,33)(H,29,30)(H,31,32)/t18?,19-,20?,21+/m0/s1. The number of hydrogen-bond donors (Lipinski definition) is 3. The molecule has 5 rings (SSSR count). The van der Waals surface area contributed by atoms with E-state index in [1.54, 1.807) is 0 Å². The maximum Gasteiger partial charge on any atom is 0.407 e. The minimum atomic E-state index is -3.31. The van der Waals surface area contributed by atoms with Crippen molar-refractivity contribution in [3.8, 4) is 11.1 Å². The summed E-state index contributed by atoms with van der Waals surface area (Å²) >= 11 is 0. The molecule has 4 atom stereocenters. The molecule has 2 fully saturated rings. The zero-order chi connectivity index (χ0) is 24.7. The first-order valence-electron chi connectivity index (χ1n) is 11.4. The number of rotatable bonds is 7. The average Bonchev–Trinajstić information content (AvgIpc) is 3.13. The summed E-state index contributed by atoms with van der Waals surface area (Å²) in [5, 5.41) is 13.8. The normalized spacial score (nSPS) is 25.9. The first-order chi connectivity index (χ1) is 16.8.